The maximum atomic E-state index is 12.3. The quantitative estimate of drug-likeness (QED) is 0.847. The summed E-state index contributed by atoms with van der Waals surface area (Å²) >= 11 is 0. The highest BCUT2D eigenvalue weighted by Crippen LogP contribution is 2.23. The summed E-state index contributed by atoms with van der Waals surface area (Å²) in [5.74, 6) is 0. The van der Waals surface area contributed by atoms with Crippen LogP contribution in [0.1, 0.15) is 24.8 Å². The third kappa shape index (κ3) is 3.33. The van der Waals surface area contributed by atoms with Crippen molar-refractivity contribution in [2.24, 2.45) is 0 Å². The van der Waals surface area contributed by atoms with Crippen molar-refractivity contribution >= 4 is 10.0 Å². The lowest BCUT2D eigenvalue weighted by Gasteiger charge is -2.19. The second-order valence-electron chi connectivity index (χ2n) is 4.74. The van der Waals surface area contributed by atoms with Crippen molar-refractivity contribution in [2.45, 2.75) is 42.9 Å². The zero-order valence-corrected chi connectivity index (χ0v) is 11.7. The summed E-state index contributed by atoms with van der Waals surface area (Å²) in [5, 5.41) is 9.06. The van der Waals surface area contributed by atoms with Gasteiger partial charge in [-0.3, -0.25) is 0 Å². The minimum Gasteiger partial charge on any atom is -0.392 e. The molecule has 0 amide bonds. The SMILES string of the molecule is COC1CCCC1NS(=O)(=O)c1cccc(CO)c1. The van der Waals surface area contributed by atoms with Crippen LogP contribution in [0.15, 0.2) is 29.2 Å². The molecular formula is C13H19NO4S. The number of rotatable bonds is 5. The van der Waals surface area contributed by atoms with Gasteiger partial charge in [0.15, 0.2) is 0 Å². The molecule has 1 aromatic rings. The number of ether oxygens (including phenoxy) is 1. The molecule has 1 saturated carbocycles. The lowest BCUT2D eigenvalue weighted by atomic mass is 10.2. The smallest absolute Gasteiger partial charge is 0.240 e. The summed E-state index contributed by atoms with van der Waals surface area (Å²) in [6.45, 7) is -0.173. The summed E-state index contributed by atoms with van der Waals surface area (Å²) in [7, 11) is -1.96. The minimum atomic E-state index is -3.56. The molecule has 6 heteroatoms. The van der Waals surface area contributed by atoms with Crippen LogP contribution < -0.4 is 4.72 Å². The number of hydrogen-bond acceptors (Lipinski definition) is 4. The molecule has 0 aliphatic heterocycles. The summed E-state index contributed by atoms with van der Waals surface area (Å²) < 4.78 is 32.5. The van der Waals surface area contributed by atoms with Gasteiger partial charge in [-0.2, -0.15) is 0 Å². The molecule has 0 saturated heterocycles. The molecule has 2 atom stereocenters. The molecule has 2 N–H and O–H groups in total. The summed E-state index contributed by atoms with van der Waals surface area (Å²) in [6.07, 6.45) is 2.57. The molecule has 1 aliphatic carbocycles. The number of aliphatic hydroxyl groups excluding tert-OH is 1. The Balaban J connectivity index is 2.17. The zero-order chi connectivity index (χ0) is 13.9. The predicted molar refractivity (Wildman–Crippen MR) is 71.1 cm³/mol. The van der Waals surface area contributed by atoms with Gasteiger partial charge in [0.05, 0.1) is 17.6 Å². The van der Waals surface area contributed by atoms with Gasteiger partial charge in [0.2, 0.25) is 10.0 Å². The van der Waals surface area contributed by atoms with Gasteiger partial charge in [0, 0.05) is 13.2 Å². The van der Waals surface area contributed by atoms with E-state index < -0.39 is 10.0 Å². The number of aliphatic hydroxyl groups is 1. The second kappa shape index (κ2) is 6.00. The molecular weight excluding hydrogens is 266 g/mol. The molecule has 19 heavy (non-hydrogen) atoms. The van der Waals surface area contributed by atoms with E-state index >= 15 is 0 Å². The summed E-state index contributed by atoms with van der Waals surface area (Å²) in [4.78, 5) is 0.181. The monoisotopic (exact) mass is 285 g/mol. The fourth-order valence-electron chi connectivity index (χ4n) is 2.42. The molecule has 2 unspecified atom stereocenters. The zero-order valence-electron chi connectivity index (χ0n) is 10.9. The van der Waals surface area contributed by atoms with Crippen molar-refractivity contribution in [1.29, 1.82) is 0 Å². The number of methoxy groups -OCH3 is 1. The molecule has 1 aromatic carbocycles. The average molecular weight is 285 g/mol. The Hall–Kier alpha value is -0.950. The van der Waals surface area contributed by atoms with E-state index in [0.29, 0.717) is 5.56 Å². The van der Waals surface area contributed by atoms with Gasteiger partial charge in [0.25, 0.3) is 0 Å². The van der Waals surface area contributed by atoms with Crippen molar-refractivity contribution < 1.29 is 18.3 Å². The van der Waals surface area contributed by atoms with Crippen LogP contribution in [0.2, 0.25) is 0 Å². The van der Waals surface area contributed by atoms with Gasteiger partial charge < -0.3 is 9.84 Å². The summed E-state index contributed by atoms with van der Waals surface area (Å²) in [6, 6.07) is 6.15. The van der Waals surface area contributed by atoms with E-state index in [1.165, 1.54) is 12.1 Å². The molecule has 5 nitrogen and oxygen atoms in total. The normalized spacial score (nSPS) is 23.7. The molecule has 1 aliphatic rings. The Bertz CT molecular complexity index is 529. The maximum Gasteiger partial charge on any atom is 0.240 e. The van der Waals surface area contributed by atoms with Crippen molar-refractivity contribution in [3.8, 4) is 0 Å². The highest BCUT2D eigenvalue weighted by atomic mass is 32.2. The Morgan fingerprint density at radius 3 is 2.89 bits per heavy atom. The topological polar surface area (TPSA) is 75.6 Å². The largest absolute Gasteiger partial charge is 0.392 e. The van der Waals surface area contributed by atoms with Crippen LogP contribution in [-0.2, 0) is 21.4 Å². The highest BCUT2D eigenvalue weighted by molar-refractivity contribution is 7.89. The van der Waals surface area contributed by atoms with Crippen molar-refractivity contribution in [1.82, 2.24) is 4.72 Å². The molecule has 0 heterocycles. The lowest BCUT2D eigenvalue weighted by molar-refractivity contribution is 0.0916. The van der Waals surface area contributed by atoms with Gasteiger partial charge in [-0.05, 0) is 37.0 Å². The van der Waals surface area contributed by atoms with Crippen molar-refractivity contribution in [2.75, 3.05) is 7.11 Å². The molecule has 2 rings (SSSR count). The standard InChI is InChI=1S/C13H19NO4S/c1-18-13-7-3-6-12(13)14-19(16,17)11-5-2-4-10(8-11)9-15/h2,4-5,8,12-15H,3,6-7,9H2,1H3. The molecule has 0 spiro atoms. The molecule has 106 valence electrons. The van der Waals surface area contributed by atoms with Gasteiger partial charge in [-0.25, -0.2) is 13.1 Å². The van der Waals surface area contributed by atoms with E-state index in [9.17, 15) is 8.42 Å². The van der Waals surface area contributed by atoms with Crippen LogP contribution in [0.5, 0.6) is 0 Å². The van der Waals surface area contributed by atoms with Gasteiger partial charge in [-0.15, -0.1) is 0 Å². The first-order chi connectivity index (χ1) is 9.06. The Morgan fingerprint density at radius 1 is 1.42 bits per heavy atom. The first-order valence-corrected chi connectivity index (χ1v) is 7.80. The van der Waals surface area contributed by atoms with Crippen LogP contribution in [0.25, 0.3) is 0 Å². The first-order valence-electron chi connectivity index (χ1n) is 6.32. The van der Waals surface area contributed by atoms with E-state index in [2.05, 4.69) is 4.72 Å². The van der Waals surface area contributed by atoms with Crippen LogP contribution in [0, 0.1) is 0 Å². The average Bonchev–Trinajstić information content (AvgIpc) is 2.85. The lowest BCUT2D eigenvalue weighted by Crippen LogP contribution is -2.40. The number of hydrogen-bond donors (Lipinski definition) is 2. The fourth-order valence-corrected chi connectivity index (χ4v) is 3.79. The van der Waals surface area contributed by atoms with Gasteiger partial charge in [-0.1, -0.05) is 12.1 Å². The third-order valence-corrected chi connectivity index (χ3v) is 4.94. The molecule has 0 bridgehead atoms. The van der Waals surface area contributed by atoms with Crippen LogP contribution in [0.3, 0.4) is 0 Å². The van der Waals surface area contributed by atoms with Crippen molar-refractivity contribution in [3.05, 3.63) is 29.8 Å². The van der Waals surface area contributed by atoms with Gasteiger partial charge >= 0.3 is 0 Å². The summed E-state index contributed by atoms with van der Waals surface area (Å²) in [5.41, 5.74) is 0.581. The number of benzene rings is 1. The van der Waals surface area contributed by atoms with Crippen LogP contribution in [0.4, 0.5) is 0 Å². The second-order valence-corrected chi connectivity index (χ2v) is 6.45. The number of sulfonamides is 1. The Morgan fingerprint density at radius 2 is 2.21 bits per heavy atom. The van der Waals surface area contributed by atoms with Crippen LogP contribution >= 0.6 is 0 Å². The van der Waals surface area contributed by atoms with E-state index in [4.69, 9.17) is 9.84 Å². The Kier molecular flexibility index (Phi) is 4.57. The first kappa shape index (κ1) is 14.5. The van der Waals surface area contributed by atoms with E-state index in [1.54, 1.807) is 19.2 Å². The van der Waals surface area contributed by atoms with Gasteiger partial charge in [0.1, 0.15) is 0 Å². The van der Waals surface area contributed by atoms with E-state index in [0.717, 1.165) is 19.3 Å². The van der Waals surface area contributed by atoms with Crippen LogP contribution in [-0.4, -0.2) is 32.8 Å². The Labute approximate surface area is 113 Å². The minimum absolute atomic E-state index is 0.0594. The maximum absolute atomic E-state index is 12.3. The molecule has 1 fully saturated rings. The fraction of sp³-hybridized carbons (Fsp3) is 0.538. The number of nitrogens with one attached hydrogen (secondary N) is 1. The van der Waals surface area contributed by atoms with E-state index in [1.807, 2.05) is 0 Å². The van der Waals surface area contributed by atoms with Crippen molar-refractivity contribution in [3.63, 3.8) is 0 Å². The third-order valence-electron chi connectivity index (χ3n) is 3.45. The molecule has 0 radical (unpaired) electrons. The predicted octanol–water partition coefficient (Wildman–Crippen LogP) is 1.02. The van der Waals surface area contributed by atoms with E-state index in [-0.39, 0.29) is 23.6 Å². The highest BCUT2D eigenvalue weighted by Gasteiger charge is 2.31. The molecule has 0 aromatic heterocycles.